The van der Waals surface area contributed by atoms with E-state index in [2.05, 4.69) is 139 Å². The van der Waals surface area contributed by atoms with Crippen molar-refractivity contribution in [1.29, 1.82) is 0 Å². The molecule has 8 aromatic carbocycles. The molecular weight excluding hydrogens is 1330 g/mol. The van der Waals surface area contributed by atoms with Gasteiger partial charge in [-0.3, -0.25) is 9.80 Å². The molecule has 0 N–H and O–H groups in total. The number of ether oxygens (including phenoxy) is 6. The highest BCUT2D eigenvalue weighted by molar-refractivity contribution is 9.10. The van der Waals surface area contributed by atoms with Crippen LogP contribution in [0.3, 0.4) is 0 Å². The zero-order valence-corrected chi connectivity index (χ0v) is 57.2. The van der Waals surface area contributed by atoms with Crippen molar-refractivity contribution in [2.45, 2.75) is 114 Å². The minimum atomic E-state index is -0.592. The first-order chi connectivity index (χ1) is 45.0. The van der Waals surface area contributed by atoms with E-state index < -0.39 is 48.3 Å². The van der Waals surface area contributed by atoms with E-state index in [9.17, 15) is 17.6 Å². The third-order valence-electron chi connectivity index (χ3n) is 18.1. The van der Waals surface area contributed by atoms with Crippen molar-refractivity contribution in [3.05, 3.63) is 249 Å². The van der Waals surface area contributed by atoms with Gasteiger partial charge in [-0.2, -0.15) is 0 Å². The van der Waals surface area contributed by atoms with Crippen LogP contribution in [0.1, 0.15) is 89.7 Å². The summed E-state index contributed by atoms with van der Waals surface area (Å²) in [6.07, 6.45) is -0.106. The normalized spacial score (nSPS) is 19.0. The van der Waals surface area contributed by atoms with Crippen molar-refractivity contribution < 1.29 is 64.6 Å². The molecule has 6 aliphatic heterocycles. The molecule has 492 valence electrons. The van der Waals surface area contributed by atoms with E-state index in [0.29, 0.717) is 52.0 Å². The van der Waals surface area contributed by atoms with E-state index >= 15 is 0 Å². The van der Waals surface area contributed by atoms with Gasteiger partial charge in [-0.05, 0) is 149 Å². The van der Waals surface area contributed by atoms with Crippen molar-refractivity contribution in [3.8, 4) is 23.0 Å². The molecule has 0 bridgehead atoms. The van der Waals surface area contributed by atoms with Crippen molar-refractivity contribution in [2.75, 3.05) is 52.6 Å². The minimum absolute atomic E-state index is 0.000556. The number of likely N-dealkylation sites (tertiary alicyclic amines) is 2. The van der Waals surface area contributed by atoms with Crippen molar-refractivity contribution >= 4 is 57.0 Å². The maximum absolute atomic E-state index is 14.9. The van der Waals surface area contributed by atoms with Gasteiger partial charge in [0.25, 0.3) is 0 Å². The standard InChI is InChI=1S/C28H31BFNO3.C22H19BrFNO.C15H20BFO4.C9H8BrFO2/c1-27(2)28(3,4)34-29(33-27)22-15-16-25(24(30)17-22)32-23-18-31(19-23)26(20-11-7-5-8-12-20)21-13-9-6-10-14-21;23-18-11-12-21(20(24)13-18)26-19-14-25(15-19)22(16-7-3-1-4-8-16)17-9-5-2-6-10-17;1-14(2)15(3,4)21-16(20-14)10-5-6-13(12(17)7-10)19-11-8-18-9-11;10-6-1-2-9(8(11)3-6)13-7-4-12-5-7/h5-17,23,26H,18-19H2,1-4H3;1-13,19,22H,14-15H2;5-7,11H,8-9H2,1-4H3;1-3,7H,4-5H2. The molecule has 6 fully saturated rings. The topological polar surface area (TPSA) is 98.8 Å². The Morgan fingerprint density at radius 2 is 0.617 bits per heavy atom. The van der Waals surface area contributed by atoms with Gasteiger partial charge in [0.05, 0.1) is 60.9 Å². The van der Waals surface area contributed by atoms with Crippen LogP contribution >= 0.6 is 31.9 Å². The molecule has 12 nitrogen and oxygen atoms in total. The summed E-state index contributed by atoms with van der Waals surface area (Å²) in [6, 6.07) is 61.6. The predicted molar refractivity (Wildman–Crippen MR) is 364 cm³/mol. The summed E-state index contributed by atoms with van der Waals surface area (Å²) in [5, 5.41) is 0. The van der Waals surface area contributed by atoms with Gasteiger partial charge in [-0.1, -0.05) is 165 Å². The van der Waals surface area contributed by atoms with Gasteiger partial charge in [0.15, 0.2) is 46.3 Å². The van der Waals surface area contributed by atoms with E-state index in [1.165, 1.54) is 46.5 Å². The Balaban J connectivity index is 0.000000134. The number of halogens is 6. The van der Waals surface area contributed by atoms with Crippen molar-refractivity contribution in [3.63, 3.8) is 0 Å². The lowest BCUT2D eigenvalue weighted by Gasteiger charge is -2.44. The largest absolute Gasteiger partial charge is 0.494 e. The molecule has 0 aliphatic carbocycles. The lowest BCUT2D eigenvalue weighted by molar-refractivity contribution is -0.0808. The summed E-state index contributed by atoms with van der Waals surface area (Å²) in [5.41, 5.74) is 4.50. The van der Waals surface area contributed by atoms with Gasteiger partial charge in [0.2, 0.25) is 0 Å². The van der Waals surface area contributed by atoms with Gasteiger partial charge in [-0.25, -0.2) is 17.6 Å². The fourth-order valence-corrected chi connectivity index (χ4v) is 11.8. The van der Waals surface area contributed by atoms with E-state index in [-0.39, 0.29) is 65.4 Å². The Morgan fingerprint density at radius 3 is 0.862 bits per heavy atom. The molecule has 6 saturated heterocycles. The molecule has 0 spiro atoms. The fraction of sp³-hybridized carbons (Fsp3) is 0.351. The predicted octanol–water partition coefficient (Wildman–Crippen LogP) is 14.7. The second-order valence-electron chi connectivity index (χ2n) is 26.1. The second kappa shape index (κ2) is 29.8. The Bertz CT molecular complexity index is 3680. The first-order valence-corrected chi connectivity index (χ1v) is 33.3. The first-order valence-electron chi connectivity index (χ1n) is 31.7. The Kier molecular flexibility index (Phi) is 21.8. The average molecular weight is 1410 g/mol. The average Bonchev–Trinajstić information content (AvgIpc) is 1.52. The molecule has 0 atom stereocenters. The van der Waals surface area contributed by atoms with E-state index in [1.807, 2.05) is 85.7 Å². The zero-order chi connectivity index (χ0) is 66.4. The number of hydrogen-bond donors (Lipinski definition) is 0. The maximum atomic E-state index is 14.9. The van der Waals surface area contributed by atoms with Crippen LogP contribution in [-0.4, -0.2) is 123 Å². The summed E-state index contributed by atoms with van der Waals surface area (Å²) in [7, 11) is -1.16. The second-order valence-corrected chi connectivity index (χ2v) is 27.9. The Labute approximate surface area is 566 Å². The summed E-state index contributed by atoms with van der Waals surface area (Å²) >= 11 is 6.44. The molecule has 20 heteroatoms. The highest BCUT2D eigenvalue weighted by Crippen LogP contribution is 2.40. The molecule has 0 saturated carbocycles. The number of hydrogen-bond acceptors (Lipinski definition) is 12. The molecule has 0 amide bonds. The Morgan fingerprint density at radius 1 is 0.362 bits per heavy atom. The van der Waals surface area contributed by atoms with Gasteiger partial charge in [0.1, 0.15) is 24.4 Å². The van der Waals surface area contributed by atoms with Crippen LogP contribution in [0.4, 0.5) is 17.6 Å². The third kappa shape index (κ3) is 16.6. The smallest absolute Gasteiger partial charge is 0.485 e. The summed E-state index contributed by atoms with van der Waals surface area (Å²) < 4.78 is 114. The van der Waals surface area contributed by atoms with Crippen LogP contribution in [-0.2, 0) is 28.1 Å². The third-order valence-corrected chi connectivity index (χ3v) is 19.1. The van der Waals surface area contributed by atoms with Crippen molar-refractivity contribution in [2.24, 2.45) is 0 Å². The molecule has 0 radical (unpaired) electrons. The first kappa shape index (κ1) is 68.8. The number of rotatable bonds is 16. The molecule has 0 aromatic heterocycles. The lowest BCUT2D eigenvalue weighted by Crippen LogP contribution is -2.55. The molecular formula is C74H78B2Br2F4N2O10. The van der Waals surface area contributed by atoms with Gasteiger partial charge in [0, 0.05) is 35.1 Å². The lowest BCUT2D eigenvalue weighted by atomic mass is 9.79. The zero-order valence-electron chi connectivity index (χ0n) is 54.0. The van der Waals surface area contributed by atoms with Gasteiger partial charge < -0.3 is 47.0 Å². The number of nitrogens with zero attached hydrogens (tertiary/aromatic N) is 2. The fourth-order valence-electron chi connectivity index (χ4n) is 11.2. The Hall–Kier alpha value is -6.55. The van der Waals surface area contributed by atoms with E-state index in [0.717, 1.165) is 26.2 Å². The minimum Gasteiger partial charge on any atom is -0.485 e. The van der Waals surface area contributed by atoms with Crippen LogP contribution < -0.4 is 29.9 Å². The van der Waals surface area contributed by atoms with Crippen LogP contribution in [0.2, 0.25) is 0 Å². The van der Waals surface area contributed by atoms with Crippen LogP contribution in [0.25, 0.3) is 0 Å². The quantitative estimate of drug-likeness (QED) is 0.0680. The van der Waals surface area contributed by atoms with E-state index in [4.69, 9.17) is 47.0 Å². The molecule has 6 heterocycles. The highest BCUT2D eigenvalue weighted by atomic mass is 79.9. The van der Waals surface area contributed by atoms with Gasteiger partial charge in [-0.15, -0.1) is 0 Å². The van der Waals surface area contributed by atoms with Gasteiger partial charge >= 0.3 is 14.2 Å². The van der Waals surface area contributed by atoms with E-state index in [1.54, 1.807) is 42.5 Å². The molecule has 0 unspecified atom stereocenters. The molecule has 6 aliphatic rings. The molecule has 94 heavy (non-hydrogen) atoms. The highest BCUT2D eigenvalue weighted by Gasteiger charge is 2.53. The van der Waals surface area contributed by atoms with Crippen LogP contribution in [0, 0.1) is 23.3 Å². The summed E-state index contributed by atoms with van der Waals surface area (Å²) in [6.45, 7) is 20.9. The van der Waals surface area contributed by atoms with Crippen LogP contribution in [0.5, 0.6) is 23.0 Å². The van der Waals surface area contributed by atoms with Crippen LogP contribution in [0.15, 0.2) is 203 Å². The molecule has 14 rings (SSSR count). The van der Waals surface area contributed by atoms with Crippen molar-refractivity contribution in [1.82, 2.24) is 9.80 Å². The molecule has 8 aromatic rings. The SMILES string of the molecule is CC1(C)OB(c2ccc(OC3CN(C(c4ccccc4)c4ccccc4)C3)c(F)c2)OC1(C)C.CC1(C)OB(c2ccc(OC3COC3)c(F)c2)OC1(C)C.Fc1cc(Br)ccc1OC1CN(C(c2ccccc2)c2ccccc2)C1.Fc1cc(Br)ccc1OC1COC1. The number of benzene rings is 8. The summed E-state index contributed by atoms with van der Waals surface area (Å²) in [5.74, 6) is -0.376. The summed E-state index contributed by atoms with van der Waals surface area (Å²) in [4.78, 5) is 4.73. The maximum Gasteiger partial charge on any atom is 0.494 e. The monoisotopic (exact) mass is 1410 g/mol.